The summed E-state index contributed by atoms with van der Waals surface area (Å²) in [6.07, 6.45) is 3.44. The van der Waals surface area contributed by atoms with Crippen molar-refractivity contribution in [1.29, 1.82) is 0 Å². The van der Waals surface area contributed by atoms with Crippen molar-refractivity contribution >= 4 is 11.9 Å². The molecule has 28 heavy (non-hydrogen) atoms. The molecule has 5 rings (SSSR count). The number of morpholine rings is 1. The van der Waals surface area contributed by atoms with E-state index in [2.05, 4.69) is 20.8 Å². The number of carbonyl (C=O) groups excluding carboxylic acids is 1. The Kier molecular flexibility index (Phi) is 4.61. The van der Waals surface area contributed by atoms with Crippen LogP contribution in [0.4, 0.5) is 6.01 Å². The molecule has 1 aromatic heterocycles. The van der Waals surface area contributed by atoms with E-state index in [4.69, 9.17) is 13.9 Å². The minimum absolute atomic E-state index is 0.0571. The molecule has 2 bridgehead atoms. The molecular weight excluding hydrogens is 362 g/mol. The second-order valence-electron chi connectivity index (χ2n) is 7.44. The quantitative estimate of drug-likeness (QED) is 0.795. The number of hydrogen-bond acceptors (Lipinski definition) is 8. The molecule has 0 aliphatic carbocycles. The van der Waals surface area contributed by atoms with Crippen LogP contribution < -0.4 is 20.3 Å². The van der Waals surface area contributed by atoms with E-state index in [-0.39, 0.29) is 18.0 Å². The van der Waals surface area contributed by atoms with Crippen molar-refractivity contribution in [2.24, 2.45) is 0 Å². The molecule has 3 atom stereocenters. The number of anilines is 1. The lowest BCUT2D eigenvalue weighted by Gasteiger charge is -2.24. The lowest BCUT2D eigenvalue weighted by Crippen LogP contribution is -2.42. The number of hydrogen-bond donors (Lipinski definition) is 2. The Balaban J connectivity index is 1.18. The molecule has 4 heterocycles. The van der Waals surface area contributed by atoms with Crippen LogP contribution in [-0.2, 0) is 4.74 Å². The van der Waals surface area contributed by atoms with Crippen LogP contribution in [0.15, 0.2) is 28.7 Å². The zero-order valence-electron chi connectivity index (χ0n) is 15.5. The molecule has 3 fully saturated rings. The van der Waals surface area contributed by atoms with Crippen LogP contribution in [0.1, 0.15) is 29.6 Å². The van der Waals surface area contributed by atoms with E-state index in [1.807, 2.05) is 4.90 Å². The average Bonchev–Trinajstić information content (AvgIpc) is 3.46. The average molecular weight is 385 g/mol. The summed E-state index contributed by atoms with van der Waals surface area (Å²) in [5.41, 5.74) is 0.606. The van der Waals surface area contributed by atoms with Crippen molar-refractivity contribution in [3.63, 3.8) is 0 Å². The second-order valence-corrected chi connectivity index (χ2v) is 7.44. The van der Waals surface area contributed by atoms with Crippen LogP contribution in [0.2, 0.25) is 0 Å². The first-order valence-electron chi connectivity index (χ1n) is 9.75. The summed E-state index contributed by atoms with van der Waals surface area (Å²) in [5.74, 6) is 0.480. The second kappa shape index (κ2) is 7.40. The summed E-state index contributed by atoms with van der Waals surface area (Å²) in [4.78, 5) is 14.4. The van der Waals surface area contributed by atoms with Gasteiger partial charge in [-0.15, -0.1) is 0 Å². The third kappa shape index (κ3) is 3.55. The molecule has 3 aliphatic rings. The van der Waals surface area contributed by atoms with Gasteiger partial charge in [0.25, 0.3) is 5.91 Å². The number of benzene rings is 1. The highest BCUT2D eigenvalue weighted by Gasteiger charge is 2.39. The van der Waals surface area contributed by atoms with Crippen LogP contribution in [0.3, 0.4) is 0 Å². The molecule has 148 valence electrons. The molecule has 9 heteroatoms. The molecule has 0 saturated carbocycles. The van der Waals surface area contributed by atoms with Gasteiger partial charge in [0.1, 0.15) is 5.75 Å². The Labute approximate surface area is 162 Å². The smallest absolute Gasteiger partial charge is 0.410 e. The van der Waals surface area contributed by atoms with Gasteiger partial charge in [0.05, 0.1) is 13.2 Å². The standard InChI is InChI=1S/C19H23N5O4/c25-17(21-16-11-13-3-6-15(16)20-13)12-1-4-14(5-2-12)27-19-23-22-18(28-19)24-7-9-26-10-8-24/h1-2,4-5,13,15-16,20H,3,6-11H2,(H,21,25)/t13-,15+,16-/m1/s1. The number of fused-ring (bicyclic) bond motifs is 2. The van der Waals surface area contributed by atoms with Crippen molar-refractivity contribution in [2.45, 2.75) is 37.4 Å². The Bertz CT molecular complexity index is 833. The largest absolute Gasteiger partial charge is 0.421 e. The van der Waals surface area contributed by atoms with Gasteiger partial charge in [0.15, 0.2) is 0 Å². The molecule has 1 amide bonds. The highest BCUT2D eigenvalue weighted by Crippen LogP contribution is 2.28. The Morgan fingerprint density at radius 2 is 2.00 bits per heavy atom. The molecule has 3 aliphatic heterocycles. The minimum Gasteiger partial charge on any atom is -0.410 e. The summed E-state index contributed by atoms with van der Waals surface area (Å²) in [7, 11) is 0. The number of amides is 1. The number of nitrogens with one attached hydrogen (secondary N) is 2. The summed E-state index contributed by atoms with van der Waals surface area (Å²) in [5, 5.41) is 14.6. The van der Waals surface area contributed by atoms with Gasteiger partial charge in [-0.1, -0.05) is 10.2 Å². The minimum atomic E-state index is -0.0571. The summed E-state index contributed by atoms with van der Waals surface area (Å²) in [6, 6.07) is 8.55. The van der Waals surface area contributed by atoms with E-state index < -0.39 is 0 Å². The van der Waals surface area contributed by atoms with Crippen molar-refractivity contribution in [2.75, 3.05) is 31.2 Å². The van der Waals surface area contributed by atoms with Gasteiger partial charge in [-0.2, -0.15) is 0 Å². The Hall–Kier alpha value is -2.65. The zero-order chi connectivity index (χ0) is 18.9. The lowest BCUT2D eigenvalue weighted by atomic mass is 9.95. The van der Waals surface area contributed by atoms with Crippen molar-refractivity contribution in [1.82, 2.24) is 20.8 Å². The molecule has 2 N–H and O–H groups in total. The van der Waals surface area contributed by atoms with Gasteiger partial charge in [0.2, 0.25) is 0 Å². The van der Waals surface area contributed by atoms with Gasteiger partial charge in [-0.25, -0.2) is 0 Å². The fourth-order valence-corrected chi connectivity index (χ4v) is 4.14. The molecule has 9 nitrogen and oxygen atoms in total. The van der Waals surface area contributed by atoms with Gasteiger partial charge in [0, 0.05) is 36.8 Å². The van der Waals surface area contributed by atoms with Crippen LogP contribution in [-0.4, -0.2) is 60.5 Å². The Morgan fingerprint density at radius 3 is 2.71 bits per heavy atom. The van der Waals surface area contributed by atoms with Crippen LogP contribution in [0.5, 0.6) is 11.8 Å². The highest BCUT2D eigenvalue weighted by molar-refractivity contribution is 5.94. The summed E-state index contributed by atoms with van der Waals surface area (Å²) < 4.78 is 16.5. The number of nitrogens with zero attached hydrogens (tertiary/aromatic N) is 3. The summed E-state index contributed by atoms with van der Waals surface area (Å²) >= 11 is 0. The fraction of sp³-hybridized carbons (Fsp3) is 0.526. The molecule has 0 spiro atoms. The lowest BCUT2D eigenvalue weighted by molar-refractivity contribution is 0.0931. The molecule has 0 radical (unpaired) electrons. The first-order valence-corrected chi connectivity index (χ1v) is 9.75. The molecule has 1 aromatic carbocycles. The first kappa shape index (κ1) is 17.4. The third-order valence-corrected chi connectivity index (χ3v) is 5.62. The van der Waals surface area contributed by atoms with E-state index in [1.165, 1.54) is 6.42 Å². The van der Waals surface area contributed by atoms with Crippen molar-refractivity contribution in [3.8, 4) is 11.8 Å². The topological polar surface area (TPSA) is 102 Å². The van der Waals surface area contributed by atoms with E-state index in [1.54, 1.807) is 24.3 Å². The van der Waals surface area contributed by atoms with Crippen molar-refractivity contribution in [3.05, 3.63) is 29.8 Å². The van der Waals surface area contributed by atoms with Crippen LogP contribution in [0, 0.1) is 0 Å². The van der Waals surface area contributed by atoms with Gasteiger partial charge < -0.3 is 29.4 Å². The Morgan fingerprint density at radius 1 is 1.18 bits per heavy atom. The van der Waals surface area contributed by atoms with Crippen molar-refractivity contribution < 1.29 is 18.7 Å². The molecule has 0 unspecified atom stereocenters. The highest BCUT2D eigenvalue weighted by atomic mass is 16.6. The van der Waals surface area contributed by atoms with E-state index in [0.717, 1.165) is 12.8 Å². The van der Waals surface area contributed by atoms with E-state index in [0.29, 0.717) is 55.7 Å². The number of rotatable bonds is 5. The predicted molar refractivity (Wildman–Crippen MR) is 99.7 cm³/mol. The maximum Gasteiger partial charge on any atom is 0.421 e. The third-order valence-electron chi connectivity index (χ3n) is 5.62. The van der Waals surface area contributed by atoms with E-state index >= 15 is 0 Å². The summed E-state index contributed by atoms with van der Waals surface area (Å²) in [6.45, 7) is 2.70. The fourth-order valence-electron chi connectivity index (χ4n) is 4.14. The van der Waals surface area contributed by atoms with Gasteiger partial charge in [-0.3, -0.25) is 4.79 Å². The van der Waals surface area contributed by atoms with Gasteiger partial charge in [-0.05, 0) is 43.5 Å². The first-order chi connectivity index (χ1) is 13.7. The maximum atomic E-state index is 12.5. The number of aromatic nitrogens is 2. The van der Waals surface area contributed by atoms with Gasteiger partial charge >= 0.3 is 12.1 Å². The SMILES string of the molecule is O=C(N[C@@H]1C[C@H]2CC[C@@H]1N2)c1ccc(Oc2nnc(N3CCOCC3)o2)cc1. The number of carbonyl (C=O) groups is 1. The van der Waals surface area contributed by atoms with E-state index in [9.17, 15) is 4.79 Å². The van der Waals surface area contributed by atoms with Crippen LogP contribution in [0.25, 0.3) is 0 Å². The maximum absolute atomic E-state index is 12.5. The normalized spacial score (nSPS) is 26.4. The molecular formula is C19H23N5O4. The molecule has 2 aromatic rings. The number of ether oxygens (including phenoxy) is 2. The monoisotopic (exact) mass is 385 g/mol. The zero-order valence-corrected chi connectivity index (χ0v) is 15.5. The molecule has 3 saturated heterocycles. The predicted octanol–water partition coefficient (Wildman–Crippen LogP) is 1.32. The van der Waals surface area contributed by atoms with Crippen LogP contribution >= 0.6 is 0 Å².